The molecular weight excluding hydrogens is 356 g/mol. The quantitative estimate of drug-likeness (QED) is 0.777. The molecule has 1 aromatic rings. The number of methoxy groups -OCH3 is 2. The minimum Gasteiger partial charge on any atom is -0.497 e. The number of piperidine rings is 1. The van der Waals surface area contributed by atoms with Gasteiger partial charge in [-0.2, -0.15) is 4.31 Å². The van der Waals surface area contributed by atoms with E-state index >= 15 is 0 Å². The molecule has 0 aliphatic carbocycles. The summed E-state index contributed by atoms with van der Waals surface area (Å²) in [6.45, 7) is 3.93. The molecule has 26 heavy (non-hydrogen) atoms. The summed E-state index contributed by atoms with van der Waals surface area (Å²) in [5, 5.41) is 2.67. The number of sulfonamides is 1. The lowest BCUT2D eigenvalue weighted by molar-refractivity contribution is 0.0955. The van der Waals surface area contributed by atoms with Crippen molar-refractivity contribution in [1.29, 1.82) is 0 Å². The SMILES string of the molecule is COc1cc(OC)cc(C(=O)NCCS(=O)(=O)N2[C@H](C)CCC[C@H]2C)c1. The van der Waals surface area contributed by atoms with Crippen molar-refractivity contribution in [3.05, 3.63) is 23.8 Å². The molecule has 7 nitrogen and oxygen atoms in total. The second kappa shape index (κ2) is 8.73. The van der Waals surface area contributed by atoms with Crippen molar-refractivity contribution in [2.45, 2.75) is 45.2 Å². The van der Waals surface area contributed by atoms with Crippen molar-refractivity contribution in [3.8, 4) is 11.5 Å². The minimum atomic E-state index is -3.42. The predicted octanol–water partition coefficient (Wildman–Crippen LogP) is 2.03. The van der Waals surface area contributed by atoms with Gasteiger partial charge in [-0.25, -0.2) is 8.42 Å². The third-order valence-corrected chi connectivity index (χ3v) is 6.78. The molecule has 1 saturated heterocycles. The molecule has 0 spiro atoms. The number of hydrogen-bond donors (Lipinski definition) is 1. The number of nitrogens with one attached hydrogen (secondary N) is 1. The van der Waals surface area contributed by atoms with E-state index in [1.807, 2.05) is 13.8 Å². The highest BCUT2D eigenvalue weighted by atomic mass is 32.2. The van der Waals surface area contributed by atoms with Crippen LogP contribution in [0.1, 0.15) is 43.5 Å². The molecule has 146 valence electrons. The van der Waals surface area contributed by atoms with Crippen molar-refractivity contribution < 1.29 is 22.7 Å². The van der Waals surface area contributed by atoms with Crippen LogP contribution >= 0.6 is 0 Å². The van der Waals surface area contributed by atoms with Crippen LogP contribution in [0.25, 0.3) is 0 Å². The Morgan fingerprint density at radius 1 is 1.12 bits per heavy atom. The molecule has 1 N–H and O–H groups in total. The van der Waals surface area contributed by atoms with E-state index in [0.717, 1.165) is 19.3 Å². The highest BCUT2D eigenvalue weighted by molar-refractivity contribution is 7.89. The van der Waals surface area contributed by atoms with Crippen LogP contribution < -0.4 is 14.8 Å². The molecule has 2 rings (SSSR count). The topological polar surface area (TPSA) is 84.9 Å². The standard InChI is InChI=1S/C18H28N2O5S/c1-13-6-5-7-14(2)20(13)26(22,23)9-8-19-18(21)15-10-16(24-3)12-17(11-15)25-4/h10-14H,5-9H2,1-4H3,(H,19,21)/t13-,14-/m1/s1. The van der Waals surface area contributed by atoms with Crippen LogP contribution in [0.5, 0.6) is 11.5 Å². The molecular formula is C18H28N2O5S. The average molecular weight is 384 g/mol. The Balaban J connectivity index is 1.99. The van der Waals surface area contributed by atoms with Crippen molar-refractivity contribution in [2.75, 3.05) is 26.5 Å². The van der Waals surface area contributed by atoms with Crippen LogP contribution in [-0.4, -0.2) is 57.2 Å². The monoisotopic (exact) mass is 384 g/mol. The highest BCUT2D eigenvalue weighted by Crippen LogP contribution is 2.26. The van der Waals surface area contributed by atoms with Gasteiger partial charge >= 0.3 is 0 Å². The van der Waals surface area contributed by atoms with Gasteiger partial charge in [0.15, 0.2) is 0 Å². The highest BCUT2D eigenvalue weighted by Gasteiger charge is 2.34. The lowest BCUT2D eigenvalue weighted by atomic mass is 10.0. The first kappa shape index (κ1) is 20.5. The fourth-order valence-corrected chi connectivity index (χ4v) is 5.26. The summed E-state index contributed by atoms with van der Waals surface area (Å²) in [4.78, 5) is 12.3. The van der Waals surface area contributed by atoms with Crippen LogP contribution in [0.3, 0.4) is 0 Å². The Kier molecular flexibility index (Phi) is 6.88. The summed E-state index contributed by atoms with van der Waals surface area (Å²) in [6.07, 6.45) is 2.79. The molecule has 1 fully saturated rings. The lowest BCUT2D eigenvalue weighted by Crippen LogP contribution is -2.49. The number of carbonyl (C=O) groups is 1. The average Bonchev–Trinajstić information content (AvgIpc) is 2.60. The maximum absolute atomic E-state index is 12.7. The molecule has 1 aliphatic rings. The Bertz CT molecular complexity index is 703. The van der Waals surface area contributed by atoms with Crippen molar-refractivity contribution in [3.63, 3.8) is 0 Å². The summed E-state index contributed by atoms with van der Waals surface area (Å²) >= 11 is 0. The molecule has 0 saturated carbocycles. The molecule has 2 atom stereocenters. The third-order valence-electron chi connectivity index (χ3n) is 4.69. The Hall–Kier alpha value is -1.80. The van der Waals surface area contributed by atoms with Gasteiger partial charge in [0.05, 0.1) is 20.0 Å². The zero-order valence-electron chi connectivity index (χ0n) is 15.8. The van der Waals surface area contributed by atoms with E-state index < -0.39 is 10.0 Å². The first-order valence-electron chi connectivity index (χ1n) is 8.81. The summed E-state index contributed by atoms with van der Waals surface area (Å²) in [5.74, 6) is 0.516. The van der Waals surface area contributed by atoms with Gasteiger partial charge < -0.3 is 14.8 Å². The summed E-state index contributed by atoms with van der Waals surface area (Å²) in [5.41, 5.74) is 0.360. The smallest absolute Gasteiger partial charge is 0.251 e. The van der Waals surface area contributed by atoms with Gasteiger partial charge in [-0.3, -0.25) is 4.79 Å². The zero-order chi connectivity index (χ0) is 19.3. The number of benzene rings is 1. The Morgan fingerprint density at radius 2 is 1.65 bits per heavy atom. The maximum Gasteiger partial charge on any atom is 0.251 e. The van der Waals surface area contributed by atoms with Gasteiger partial charge in [-0.1, -0.05) is 6.42 Å². The molecule has 1 amide bonds. The number of rotatable bonds is 7. The molecule has 0 radical (unpaired) electrons. The number of nitrogens with zero attached hydrogens (tertiary/aromatic N) is 1. The molecule has 1 heterocycles. The first-order valence-corrected chi connectivity index (χ1v) is 10.4. The van der Waals surface area contributed by atoms with Gasteiger partial charge in [-0.15, -0.1) is 0 Å². The van der Waals surface area contributed by atoms with Crippen molar-refractivity contribution >= 4 is 15.9 Å². The van der Waals surface area contributed by atoms with Gasteiger partial charge in [-0.05, 0) is 38.8 Å². The predicted molar refractivity (Wildman–Crippen MR) is 100 cm³/mol. The van der Waals surface area contributed by atoms with Crippen LogP contribution in [0, 0.1) is 0 Å². The van der Waals surface area contributed by atoms with E-state index in [4.69, 9.17) is 9.47 Å². The molecule has 0 unspecified atom stereocenters. The maximum atomic E-state index is 12.7. The van der Waals surface area contributed by atoms with Crippen LogP contribution in [-0.2, 0) is 10.0 Å². The lowest BCUT2D eigenvalue weighted by Gasteiger charge is -2.37. The van der Waals surface area contributed by atoms with Crippen LogP contribution in [0.15, 0.2) is 18.2 Å². The van der Waals surface area contributed by atoms with E-state index in [1.165, 1.54) is 14.2 Å². The van der Waals surface area contributed by atoms with Crippen molar-refractivity contribution in [1.82, 2.24) is 9.62 Å². The molecule has 8 heteroatoms. The fraction of sp³-hybridized carbons (Fsp3) is 0.611. The van der Waals surface area contributed by atoms with Gasteiger partial charge in [0.2, 0.25) is 10.0 Å². The van der Waals surface area contributed by atoms with E-state index in [2.05, 4.69) is 5.32 Å². The number of hydrogen-bond acceptors (Lipinski definition) is 5. The number of carbonyl (C=O) groups excluding carboxylic acids is 1. The van der Waals surface area contributed by atoms with E-state index in [-0.39, 0.29) is 30.3 Å². The van der Waals surface area contributed by atoms with Gasteiger partial charge in [0.1, 0.15) is 11.5 Å². The molecule has 0 bridgehead atoms. The molecule has 0 aromatic heterocycles. The normalized spacial score (nSPS) is 21.2. The summed E-state index contributed by atoms with van der Waals surface area (Å²) in [6, 6.07) is 4.84. The van der Waals surface area contributed by atoms with E-state index in [1.54, 1.807) is 22.5 Å². The summed E-state index contributed by atoms with van der Waals surface area (Å²) in [7, 11) is -0.408. The minimum absolute atomic E-state index is 0.00194. The fourth-order valence-electron chi connectivity index (χ4n) is 3.39. The Labute approximate surface area is 155 Å². The summed E-state index contributed by atoms with van der Waals surface area (Å²) < 4.78 is 37.2. The van der Waals surface area contributed by atoms with E-state index in [9.17, 15) is 13.2 Å². The van der Waals surface area contributed by atoms with Gasteiger partial charge in [0.25, 0.3) is 5.91 Å². The number of amides is 1. The largest absolute Gasteiger partial charge is 0.497 e. The second-order valence-corrected chi connectivity index (χ2v) is 8.63. The second-order valence-electron chi connectivity index (χ2n) is 6.63. The van der Waals surface area contributed by atoms with Gasteiger partial charge in [0, 0.05) is 30.3 Å². The molecule has 1 aromatic carbocycles. The van der Waals surface area contributed by atoms with Crippen LogP contribution in [0.4, 0.5) is 0 Å². The third kappa shape index (κ3) is 4.88. The Morgan fingerprint density at radius 3 is 2.15 bits per heavy atom. The zero-order valence-corrected chi connectivity index (χ0v) is 16.6. The van der Waals surface area contributed by atoms with Crippen LogP contribution in [0.2, 0.25) is 0 Å². The van der Waals surface area contributed by atoms with Crippen molar-refractivity contribution in [2.24, 2.45) is 0 Å². The van der Waals surface area contributed by atoms with E-state index in [0.29, 0.717) is 17.1 Å². The molecule has 1 aliphatic heterocycles. The first-order chi connectivity index (χ1) is 12.3. The number of ether oxygens (including phenoxy) is 2.